The molecule has 132 valence electrons. The molecule has 0 saturated carbocycles. The van der Waals surface area contributed by atoms with Crippen LogP contribution in [0.25, 0.3) is 0 Å². The van der Waals surface area contributed by atoms with Crippen molar-refractivity contribution >= 4 is 28.5 Å². The summed E-state index contributed by atoms with van der Waals surface area (Å²) >= 11 is 1.26. The fraction of sp³-hybridized carbons (Fsp3) is 0.150. The quantitative estimate of drug-likeness (QED) is 0.817. The number of aliphatic imine (C=N–C) groups is 2. The normalized spacial score (nSPS) is 16.0. The van der Waals surface area contributed by atoms with Gasteiger partial charge in [-0.05, 0) is 41.5 Å². The van der Waals surface area contributed by atoms with Crippen LogP contribution in [0.5, 0.6) is 5.75 Å². The second-order valence-corrected chi connectivity index (χ2v) is 6.52. The average molecular weight is 374 g/mol. The lowest BCUT2D eigenvalue weighted by molar-refractivity contribution is -0.118. The highest BCUT2D eigenvalue weighted by atomic mass is 32.2. The van der Waals surface area contributed by atoms with Crippen molar-refractivity contribution in [3.8, 4) is 17.9 Å². The van der Waals surface area contributed by atoms with Gasteiger partial charge in [0.05, 0.1) is 30.5 Å². The van der Waals surface area contributed by atoms with Gasteiger partial charge in [-0.15, -0.1) is 0 Å². The summed E-state index contributed by atoms with van der Waals surface area (Å²) in [5, 5.41) is 18.8. The molecule has 2 aromatic rings. The minimum absolute atomic E-state index is 0.282. The molecule has 3 rings (SSSR count). The summed E-state index contributed by atoms with van der Waals surface area (Å²) in [6, 6.07) is 18.4. The molecule has 1 atom stereocenters. The van der Waals surface area contributed by atoms with Crippen molar-refractivity contribution in [1.29, 1.82) is 10.5 Å². The fourth-order valence-corrected chi connectivity index (χ4v) is 3.39. The number of carbonyl (C=O) groups excluding carboxylic acids is 1. The van der Waals surface area contributed by atoms with Gasteiger partial charge in [0.2, 0.25) is 0 Å². The third kappa shape index (κ3) is 4.05. The Kier molecular flexibility index (Phi) is 5.65. The smallest absolute Gasteiger partial charge is 0.271 e. The Bertz CT molecular complexity index is 1010. The van der Waals surface area contributed by atoms with Gasteiger partial charge in [0, 0.05) is 5.75 Å². The molecule has 1 aliphatic heterocycles. The Hall–Kier alpha value is -3.42. The van der Waals surface area contributed by atoms with Gasteiger partial charge >= 0.3 is 0 Å². The number of thioether (sulfide) groups is 1. The second kappa shape index (κ2) is 8.31. The highest BCUT2D eigenvalue weighted by molar-refractivity contribution is 8.13. The number of hydrogen-bond acceptors (Lipinski definition) is 6. The van der Waals surface area contributed by atoms with E-state index in [4.69, 9.17) is 4.74 Å². The van der Waals surface area contributed by atoms with E-state index >= 15 is 0 Å². The van der Waals surface area contributed by atoms with Gasteiger partial charge in [-0.25, -0.2) is 4.99 Å². The van der Waals surface area contributed by atoms with Crippen molar-refractivity contribution in [3.05, 3.63) is 65.2 Å². The van der Waals surface area contributed by atoms with E-state index in [0.29, 0.717) is 28.3 Å². The maximum atomic E-state index is 12.3. The van der Waals surface area contributed by atoms with Crippen LogP contribution in [0.15, 0.2) is 58.5 Å². The monoisotopic (exact) mass is 374 g/mol. The van der Waals surface area contributed by atoms with E-state index in [-0.39, 0.29) is 5.17 Å². The predicted octanol–water partition coefficient (Wildman–Crippen LogP) is 3.33. The van der Waals surface area contributed by atoms with E-state index in [9.17, 15) is 15.3 Å². The van der Waals surface area contributed by atoms with Gasteiger partial charge in [0.25, 0.3) is 5.91 Å². The number of rotatable bonds is 4. The first kappa shape index (κ1) is 18.4. The molecular weight excluding hydrogens is 360 g/mol. The van der Waals surface area contributed by atoms with E-state index in [2.05, 4.69) is 16.1 Å². The Morgan fingerprint density at radius 3 is 2.52 bits per heavy atom. The van der Waals surface area contributed by atoms with Crippen LogP contribution in [0.3, 0.4) is 0 Å². The van der Waals surface area contributed by atoms with Crippen LogP contribution in [0.4, 0.5) is 0 Å². The summed E-state index contributed by atoms with van der Waals surface area (Å²) in [6.45, 7) is 0. The van der Waals surface area contributed by atoms with Crippen LogP contribution >= 0.6 is 11.8 Å². The molecule has 7 heteroatoms. The molecular formula is C20H14N4O2S. The lowest BCUT2D eigenvalue weighted by atomic mass is 9.96. The lowest BCUT2D eigenvalue weighted by Gasteiger charge is -2.16. The number of benzene rings is 2. The van der Waals surface area contributed by atoms with Crippen molar-refractivity contribution in [2.45, 2.75) is 5.75 Å². The van der Waals surface area contributed by atoms with Crippen molar-refractivity contribution in [2.24, 2.45) is 15.9 Å². The Morgan fingerprint density at radius 1 is 1.11 bits per heavy atom. The molecule has 1 unspecified atom stereocenters. The second-order valence-electron chi connectivity index (χ2n) is 5.58. The highest BCUT2D eigenvalue weighted by Gasteiger charge is 2.30. The van der Waals surface area contributed by atoms with E-state index in [1.165, 1.54) is 11.8 Å². The topological polar surface area (TPSA) is 98.6 Å². The lowest BCUT2D eigenvalue weighted by Crippen LogP contribution is -2.27. The van der Waals surface area contributed by atoms with Crippen molar-refractivity contribution in [1.82, 2.24) is 0 Å². The summed E-state index contributed by atoms with van der Waals surface area (Å²) in [5.74, 6) is -0.443. The molecule has 0 fully saturated rings. The number of carbonyl (C=O) groups is 1. The summed E-state index contributed by atoms with van der Waals surface area (Å²) in [6.07, 6.45) is 0. The molecule has 0 aliphatic carbocycles. The van der Waals surface area contributed by atoms with Crippen LogP contribution in [0.2, 0.25) is 0 Å². The number of amides is 1. The summed E-state index contributed by atoms with van der Waals surface area (Å²) in [4.78, 5) is 20.7. The first-order valence-corrected chi connectivity index (χ1v) is 9.00. The van der Waals surface area contributed by atoms with Gasteiger partial charge in [0.1, 0.15) is 5.75 Å². The highest BCUT2D eigenvalue weighted by Crippen LogP contribution is 2.24. The summed E-state index contributed by atoms with van der Waals surface area (Å²) < 4.78 is 5.14. The summed E-state index contributed by atoms with van der Waals surface area (Å²) in [7, 11) is 1.56. The van der Waals surface area contributed by atoms with Crippen LogP contribution in [-0.4, -0.2) is 23.9 Å². The van der Waals surface area contributed by atoms with Gasteiger partial charge in [-0.1, -0.05) is 30.0 Å². The Labute approximate surface area is 160 Å². The van der Waals surface area contributed by atoms with Crippen molar-refractivity contribution < 1.29 is 9.53 Å². The molecule has 2 aromatic carbocycles. The first-order valence-electron chi connectivity index (χ1n) is 8.02. The fourth-order valence-electron chi connectivity index (χ4n) is 2.54. The molecule has 1 heterocycles. The zero-order valence-corrected chi connectivity index (χ0v) is 15.2. The van der Waals surface area contributed by atoms with Gasteiger partial charge in [-0.3, -0.25) is 4.79 Å². The van der Waals surface area contributed by atoms with Crippen LogP contribution in [-0.2, 0) is 10.5 Å². The SMILES string of the molecule is COc1ccc(C2=NC(SCc3ccccc3C#N)=NC(=O)C2C#N)cc1. The van der Waals surface area contributed by atoms with E-state index in [0.717, 1.165) is 5.56 Å². The van der Waals surface area contributed by atoms with Crippen LogP contribution in [0.1, 0.15) is 16.7 Å². The maximum Gasteiger partial charge on any atom is 0.271 e. The van der Waals surface area contributed by atoms with Gasteiger partial charge in [-0.2, -0.15) is 15.5 Å². The first-order chi connectivity index (χ1) is 13.2. The van der Waals surface area contributed by atoms with Gasteiger partial charge in [0.15, 0.2) is 11.1 Å². The standard InChI is InChI=1S/C20H14N4O2S/c1-26-16-8-6-13(7-9-16)18-17(11-22)19(25)24-20(23-18)27-12-15-5-3-2-4-14(15)10-21/h2-9,17H,12H2,1H3. The van der Waals surface area contributed by atoms with E-state index in [1.54, 1.807) is 43.5 Å². The minimum atomic E-state index is -1.03. The molecule has 0 radical (unpaired) electrons. The number of hydrogen-bond donors (Lipinski definition) is 0. The third-order valence-corrected chi connectivity index (χ3v) is 4.85. The number of amidine groups is 1. The molecule has 1 aliphatic rings. The Morgan fingerprint density at radius 2 is 1.85 bits per heavy atom. The molecule has 27 heavy (non-hydrogen) atoms. The van der Waals surface area contributed by atoms with Gasteiger partial charge < -0.3 is 4.74 Å². The largest absolute Gasteiger partial charge is 0.497 e. The number of methoxy groups -OCH3 is 1. The average Bonchev–Trinajstić information content (AvgIpc) is 2.72. The summed E-state index contributed by atoms with van der Waals surface area (Å²) in [5.41, 5.74) is 2.45. The Balaban J connectivity index is 1.87. The van der Waals surface area contributed by atoms with Crippen LogP contribution in [0, 0.1) is 28.6 Å². The molecule has 1 amide bonds. The van der Waals surface area contributed by atoms with E-state index in [1.807, 2.05) is 18.2 Å². The molecule has 0 N–H and O–H groups in total. The zero-order valence-electron chi connectivity index (χ0n) is 14.4. The van der Waals surface area contributed by atoms with Crippen molar-refractivity contribution in [2.75, 3.05) is 7.11 Å². The number of nitriles is 2. The minimum Gasteiger partial charge on any atom is -0.497 e. The zero-order chi connectivity index (χ0) is 19.2. The molecule has 0 bridgehead atoms. The molecule has 0 spiro atoms. The molecule has 0 saturated heterocycles. The molecule has 6 nitrogen and oxygen atoms in total. The maximum absolute atomic E-state index is 12.3. The third-order valence-electron chi connectivity index (χ3n) is 3.95. The number of nitrogens with zero attached hydrogens (tertiary/aromatic N) is 4. The van der Waals surface area contributed by atoms with Crippen molar-refractivity contribution in [3.63, 3.8) is 0 Å². The molecule has 0 aromatic heterocycles. The van der Waals surface area contributed by atoms with Crippen LogP contribution < -0.4 is 4.74 Å². The van der Waals surface area contributed by atoms with E-state index < -0.39 is 11.8 Å². The predicted molar refractivity (Wildman–Crippen MR) is 104 cm³/mol. The number of ether oxygens (including phenoxy) is 1.